The number of carbonyl (C=O) groups is 1. The van der Waals surface area contributed by atoms with E-state index in [-0.39, 0.29) is 34.9 Å². The monoisotopic (exact) mass is 400 g/mol. The number of carbonyl (C=O) groups excluding carboxylic acids is 1. The van der Waals surface area contributed by atoms with Gasteiger partial charge >= 0.3 is 0 Å². The first-order chi connectivity index (χ1) is 13.8. The maximum atomic E-state index is 14.1. The third kappa shape index (κ3) is 4.10. The SMILES string of the molecule is CC1CC(NC(=O)C2(C)CC3CC(c4ccccc4)(C2)C[C@@](C)(CF)C3)CCN1. The van der Waals surface area contributed by atoms with Gasteiger partial charge in [-0.3, -0.25) is 9.18 Å². The minimum atomic E-state index is -0.384. The van der Waals surface area contributed by atoms with Crippen LogP contribution in [-0.2, 0) is 10.2 Å². The number of halogens is 1. The van der Waals surface area contributed by atoms with Gasteiger partial charge in [0, 0.05) is 17.5 Å². The van der Waals surface area contributed by atoms with E-state index >= 15 is 0 Å². The summed E-state index contributed by atoms with van der Waals surface area (Å²) in [6.07, 6.45) is 6.51. The molecule has 2 N–H and O–H groups in total. The van der Waals surface area contributed by atoms with E-state index in [0.29, 0.717) is 12.0 Å². The third-order valence-corrected chi connectivity index (χ3v) is 7.91. The lowest BCUT2D eigenvalue weighted by Crippen LogP contribution is -2.56. The van der Waals surface area contributed by atoms with E-state index in [4.69, 9.17) is 0 Å². The Hall–Kier alpha value is -1.42. The van der Waals surface area contributed by atoms with Crippen LogP contribution >= 0.6 is 0 Å². The molecule has 160 valence electrons. The number of amides is 1. The van der Waals surface area contributed by atoms with E-state index in [1.54, 1.807) is 0 Å². The Balaban J connectivity index is 1.61. The van der Waals surface area contributed by atoms with Gasteiger partial charge in [-0.15, -0.1) is 0 Å². The molecule has 0 radical (unpaired) electrons. The smallest absolute Gasteiger partial charge is 0.226 e. The first-order valence-corrected chi connectivity index (χ1v) is 11.4. The van der Waals surface area contributed by atoms with Gasteiger partial charge in [0.05, 0.1) is 6.67 Å². The normalized spacial score (nSPS) is 42.3. The van der Waals surface area contributed by atoms with Crippen molar-refractivity contribution in [2.24, 2.45) is 16.7 Å². The van der Waals surface area contributed by atoms with Crippen LogP contribution in [0.25, 0.3) is 0 Å². The molecule has 3 nitrogen and oxygen atoms in total. The summed E-state index contributed by atoms with van der Waals surface area (Å²) in [5.41, 5.74) is 0.529. The van der Waals surface area contributed by atoms with E-state index in [1.807, 2.05) is 6.07 Å². The molecule has 29 heavy (non-hydrogen) atoms. The van der Waals surface area contributed by atoms with Crippen LogP contribution in [0.5, 0.6) is 0 Å². The molecule has 3 aliphatic rings. The Bertz CT molecular complexity index is 740. The Morgan fingerprint density at radius 3 is 2.62 bits per heavy atom. The molecule has 6 atom stereocenters. The number of hydrogen-bond donors (Lipinski definition) is 2. The van der Waals surface area contributed by atoms with Gasteiger partial charge in [-0.1, -0.05) is 44.2 Å². The van der Waals surface area contributed by atoms with Crippen molar-refractivity contribution in [2.75, 3.05) is 13.2 Å². The zero-order chi connectivity index (χ0) is 20.7. The van der Waals surface area contributed by atoms with E-state index in [1.165, 1.54) is 5.56 Å². The van der Waals surface area contributed by atoms with Crippen LogP contribution in [0, 0.1) is 16.7 Å². The topological polar surface area (TPSA) is 41.1 Å². The summed E-state index contributed by atoms with van der Waals surface area (Å²) >= 11 is 0. The van der Waals surface area contributed by atoms with Crippen LogP contribution in [0.4, 0.5) is 4.39 Å². The first kappa shape index (κ1) is 20.8. The van der Waals surface area contributed by atoms with Crippen LogP contribution in [-0.4, -0.2) is 31.2 Å². The molecule has 2 aliphatic carbocycles. The predicted molar refractivity (Wildman–Crippen MR) is 116 cm³/mol. The summed E-state index contributed by atoms with van der Waals surface area (Å²) in [4.78, 5) is 13.5. The molecule has 2 saturated carbocycles. The number of alkyl halides is 1. The number of rotatable bonds is 4. The number of nitrogens with one attached hydrogen (secondary N) is 2. The molecule has 0 aromatic heterocycles. The molecular formula is C25H37FN2O. The summed E-state index contributed by atoms with van der Waals surface area (Å²) in [6.45, 7) is 7.15. The van der Waals surface area contributed by atoms with Crippen LogP contribution in [0.2, 0.25) is 0 Å². The number of fused-ring (bicyclic) bond motifs is 2. The first-order valence-electron chi connectivity index (χ1n) is 11.4. The van der Waals surface area contributed by atoms with Gasteiger partial charge in [0.1, 0.15) is 0 Å². The van der Waals surface area contributed by atoms with Crippen molar-refractivity contribution in [3.8, 4) is 0 Å². The fraction of sp³-hybridized carbons (Fsp3) is 0.720. The van der Waals surface area contributed by atoms with Gasteiger partial charge in [0.2, 0.25) is 5.91 Å². The average molecular weight is 401 g/mol. The summed E-state index contributed by atoms with van der Waals surface area (Å²) in [6, 6.07) is 11.3. The van der Waals surface area contributed by atoms with Gasteiger partial charge in [-0.05, 0) is 80.7 Å². The van der Waals surface area contributed by atoms with Crippen LogP contribution < -0.4 is 10.6 Å². The standard InChI is InChI=1S/C25H37FN2O/c1-18-11-21(9-10-27-18)28-22(29)24(3)13-19-12-23(2,17-26)15-25(14-19,16-24)20-7-5-4-6-8-20/h4-8,18-19,21,27H,9-17H2,1-3H3,(H,28,29)/t18?,19?,21?,23-,24?,25?/m0/s1. The summed E-state index contributed by atoms with van der Waals surface area (Å²) in [5, 5.41) is 6.86. The molecule has 1 aromatic rings. The molecule has 1 aromatic carbocycles. The van der Waals surface area contributed by atoms with Crippen molar-refractivity contribution in [3.05, 3.63) is 35.9 Å². The molecule has 2 bridgehead atoms. The second-order valence-corrected chi connectivity index (χ2v) is 11.0. The van der Waals surface area contributed by atoms with Crippen molar-refractivity contribution in [1.29, 1.82) is 0 Å². The summed E-state index contributed by atoms with van der Waals surface area (Å²) in [5.74, 6) is 0.617. The van der Waals surface area contributed by atoms with E-state index in [0.717, 1.165) is 51.5 Å². The van der Waals surface area contributed by atoms with Gasteiger partial charge < -0.3 is 10.6 Å². The summed E-state index contributed by atoms with van der Waals surface area (Å²) < 4.78 is 14.1. The number of benzene rings is 1. The second-order valence-electron chi connectivity index (χ2n) is 11.0. The van der Waals surface area contributed by atoms with Crippen LogP contribution in [0.15, 0.2) is 30.3 Å². The molecule has 4 rings (SSSR count). The Kier molecular flexibility index (Phi) is 5.52. The maximum Gasteiger partial charge on any atom is 0.226 e. The number of hydrogen-bond acceptors (Lipinski definition) is 2. The largest absolute Gasteiger partial charge is 0.353 e. The van der Waals surface area contributed by atoms with Crippen molar-refractivity contribution in [3.63, 3.8) is 0 Å². The highest BCUT2D eigenvalue weighted by Crippen LogP contribution is 2.61. The van der Waals surface area contributed by atoms with Crippen molar-refractivity contribution in [1.82, 2.24) is 10.6 Å². The molecular weight excluding hydrogens is 363 g/mol. The third-order valence-electron chi connectivity index (χ3n) is 7.91. The highest BCUT2D eigenvalue weighted by atomic mass is 19.1. The minimum Gasteiger partial charge on any atom is -0.353 e. The van der Waals surface area contributed by atoms with E-state index < -0.39 is 0 Å². The van der Waals surface area contributed by atoms with Crippen LogP contribution in [0.3, 0.4) is 0 Å². The number of piperidine rings is 1. The van der Waals surface area contributed by atoms with Gasteiger partial charge in [-0.2, -0.15) is 0 Å². The maximum absolute atomic E-state index is 14.1. The van der Waals surface area contributed by atoms with Gasteiger partial charge in [0.25, 0.3) is 0 Å². The van der Waals surface area contributed by atoms with Crippen molar-refractivity contribution < 1.29 is 9.18 Å². The molecule has 1 heterocycles. The molecule has 1 amide bonds. The Labute approximate surface area is 175 Å². The lowest BCUT2D eigenvalue weighted by Gasteiger charge is -2.57. The average Bonchev–Trinajstić information content (AvgIpc) is 2.67. The minimum absolute atomic E-state index is 0.100. The fourth-order valence-corrected chi connectivity index (χ4v) is 7.03. The molecule has 4 heteroatoms. The summed E-state index contributed by atoms with van der Waals surface area (Å²) in [7, 11) is 0. The Morgan fingerprint density at radius 2 is 1.93 bits per heavy atom. The second kappa shape index (κ2) is 7.68. The zero-order valence-corrected chi connectivity index (χ0v) is 18.3. The van der Waals surface area contributed by atoms with Crippen molar-refractivity contribution >= 4 is 5.91 Å². The van der Waals surface area contributed by atoms with Gasteiger partial charge in [-0.25, -0.2) is 0 Å². The lowest BCUT2D eigenvalue weighted by molar-refractivity contribution is -0.139. The fourth-order valence-electron chi connectivity index (χ4n) is 7.03. The molecule has 1 saturated heterocycles. The zero-order valence-electron chi connectivity index (χ0n) is 18.3. The van der Waals surface area contributed by atoms with E-state index in [9.17, 15) is 9.18 Å². The molecule has 5 unspecified atom stereocenters. The predicted octanol–water partition coefficient (Wildman–Crippen LogP) is 4.76. The van der Waals surface area contributed by atoms with E-state index in [2.05, 4.69) is 55.7 Å². The quantitative estimate of drug-likeness (QED) is 0.765. The van der Waals surface area contributed by atoms with Crippen LogP contribution in [0.1, 0.15) is 71.3 Å². The molecule has 3 fully saturated rings. The lowest BCUT2D eigenvalue weighted by atomic mass is 9.47. The Morgan fingerprint density at radius 1 is 1.17 bits per heavy atom. The highest BCUT2D eigenvalue weighted by Gasteiger charge is 2.56. The highest BCUT2D eigenvalue weighted by molar-refractivity contribution is 5.83. The molecule has 0 spiro atoms. The van der Waals surface area contributed by atoms with Gasteiger partial charge in [0.15, 0.2) is 0 Å². The molecule has 1 aliphatic heterocycles. The van der Waals surface area contributed by atoms with Crippen molar-refractivity contribution in [2.45, 2.75) is 83.2 Å².